The normalized spacial score (nSPS) is 16.0. The van der Waals surface area contributed by atoms with E-state index >= 15 is 0 Å². The van der Waals surface area contributed by atoms with E-state index in [1.165, 1.54) is 23.4 Å². The van der Waals surface area contributed by atoms with Crippen molar-refractivity contribution in [2.75, 3.05) is 36.4 Å². The van der Waals surface area contributed by atoms with Crippen molar-refractivity contribution in [3.8, 4) is 0 Å². The van der Waals surface area contributed by atoms with Gasteiger partial charge in [0.25, 0.3) is 0 Å². The number of benzene rings is 1. The molecule has 1 N–H and O–H groups in total. The first-order chi connectivity index (χ1) is 11.9. The maximum absolute atomic E-state index is 12.7. The van der Waals surface area contributed by atoms with Crippen LogP contribution in [0.5, 0.6) is 0 Å². The predicted molar refractivity (Wildman–Crippen MR) is 90.8 cm³/mol. The molecule has 2 aromatic rings. The summed E-state index contributed by atoms with van der Waals surface area (Å²) in [6, 6.07) is 6.55. The summed E-state index contributed by atoms with van der Waals surface area (Å²) in [7, 11) is -3.58. The van der Waals surface area contributed by atoms with E-state index in [1.54, 1.807) is 19.1 Å². The van der Waals surface area contributed by atoms with Crippen molar-refractivity contribution < 1.29 is 17.6 Å². The number of carbonyl (C=O) groups excluding carboxylic acids is 1. The van der Waals surface area contributed by atoms with E-state index in [0.717, 1.165) is 0 Å². The molecule has 1 saturated heterocycles. The number of rotatable bonds is 4. The molecule has 0 bridgehead atoms. The van der Waals surface area contributed by atoms with Gasteiger partial charge in [0, 0.05) is 45.7 Å². The number of anilines is 2. The zero-order valence-corrected chi connectivity index (χ0v) is 14.8. The van der Waals surface area contributed by atoms with Crippen LogP contribution in [0.3, 0.4) is 0 Å². The number of hydrogen-bond acceptors (Lipinski definition) is 7. The lowest BCUT2D eigenvalue weighted by Crippen LogP contribution is -2.48. The van der Waals surface area contributed by atoms with Crippen molar-refractivity contribution >= 4 is 27.6 Å². The topological polar surface area (TPSA) is 109 Å². The van der Waals surface area contributed by atoms with E-state index in [-0.39, 0.29) is 10.8 Å². The average molecular weight is 365 g/mol. The van der Waals surface area contributed by atoms with Gasteiger partial charge in [0.15, 0.2) is 0 Å². The molecule has 25 heavy (non-hydrogen) atoms. The fourth-order valence-corrected chi connectivity index (χ4v) is 4.02. The van der Waals surface area contributed by atoms with Gasteiger partial charge >= 0.3 is 6.01 Å². The van der Waals surface area contributed by atoms with Crippen LogP contribution in [0.25, 0.3) is 0 Å². The molecule has 9 nitrogen and oxygen atoms in total. The molecule has 2 heterocycles. The Hall–Kier alpha value is -2.46. The number of carbonyl (C=O) groups is 1. The van der Waals surface area contributed by atoms with Gasteiger partial charge in [0.05, 0.1) is 4.90 Å². The first-order valence-electron chi connectivity index (χ1n) is 7.79. The van der Waals surface area contributed by atoms with Crippen LogP contribution in [0.2, 0.25) is 0 Å². The molecule has 134 valence electrons. The summed E-state index contributed by atoms with van der Waals surface area (Å²) in [6.45, 7) is 4.72. The van der Waals surface area contributed by atoms with Crippen LogP contribution in [0.15, 0.2) is 33.6 Å². The quantitative estimate of drug-likeness (QED) is 0.855. The zero-order valence-electron chi connectivity index (χ0n) is 14.0. The van der Waals surface area contributed by atoms with Crippen LogP contribution < -0.4 is 10.2 Å². The molecule has 1 aliphatic heterocycles. The molecule has 0 radical (unpaired) electrons. The van der Waals surface area contributed by atoms with Gasteiger partial charge in [0.2, 0.25) is 21.8 Å². The minimum absolute atomic E-state index is 0.198. The molecule has 1 amide bonds. The Bertz CT molecular complexity index is 854. The highest BCUT2D eigenvalue weighted by molar-refractivity contribution is 7.89. The summed E-state index contributed by atoms with van der Waals surface area (Å²) in [5.74, 6) is 0.271. The Balaban J connectivity index is 1.68. The Kier molecular flexibility index (Phi) is 4.73. The molecular weight excluding hydrogens is 346 g/mol. The van der Waals surface area contributed by atoms with Crippen LogP contribution in [0, 0.1) is 6.92 Å². The van der Waals surface area contributed by atoms with E-state index in [0.29, 0.717) is 43.8 Å². The molecule has 1 aromatic heterocycles. The molecule has 1 fully saturated rings. The average Bonchev–Trinajstić information content (AvgIpc) is 3.01. The maximum atomic E-state index is 12.7. The van der Waals surface area contributed by atoms with Crippen molar-refractivity contribution in [1.29, 1.82) is 0 Å². The summed E-state index contributed by atoms with van der Waals surface area (Å²) in [5.41, 5.74) is 0.558. The van der Waals surface area contributed by atoms with Crippen LogP contribution in [0.4, 0.5) is 11.7 Å². The van der Waals surface area contributed by atoms with Gasteiger partial charge in [0.1, 0.15) is 0 Å². The first kappa shape index (κ1) is 17.4. The Morgan fingerprint density at radius 2 is 1.76 bits per heavy atom. The van der Waals surface area contributed by atoms with Gasteiger partial charge in [-0.05, 0) is 24.3 Å². The molecule has 3 rings (SSSR count). The standard InChI is InChI=1S/C15H19N5O4S/c1-11(21)16-13-3-5-14(6-4-13)25(22,23)20-9-7-19(8-10-20)15-18-17-12(2)24-15/h3-6H,7-10H2,1-2H3,(H,16,21). The molecule has 0 unspecified atom stereocenters. The van der Waals surface area contributed by atoms with Crippen molar-refractivity contribution in [3.63, 3.8) is 0 Å². The molecule has 1 aliphatic rings. The zero-order chi connectivity index (χ0) is 18.0. The van der Waals surface area contributed by atoms with E-state index < -0.39 is 10.0 Å². The lowest BCUT2D eigenvalue weighted by Gasteiger charge is -2.32. The third-order valence-corrected chi connectivity index (χ3v) is 5.75. The number of sulfonamides is 1. The van der Waals surface area contributed by atoms with Gasteiger partial charge in [-0.15, -0.1) is 5.10 Å². The monoisotopic (exact) mass is 365 g/mol. The van der Waals surface area contributed by atoms with E-state index in [9.17, 15) is 13.2 Å². The van der Waals surface area contributed by atoms with Crippen LogP contribution in [-0.2, 0) is 14.8 Å². The lowest BCUT2D eigenvalue weighted by atomic mass is 10.3. The van der Waals surface area contributed by atoms with Gasteiger partial charge in [-0.2, -0.15) is 4.31 Å². The predicted octanol–water partition coefficient (Wildman–Crippen LogP) is 0.847. The maximum Gasteiger partial charge on any atom is 0.318 e. The highest BCUT2D eigenvalue weighted by Crippen LogP contribution is 2.21. The number of aryl methyl sites for hydroxylation is 1. The van der Waals surface area contributed by atoms with Gasteiger partial charge in [-0.1, -0.05) is 5.10 Å². The Morgan fingerprint density at radius 1 is 1.12 bits per heavy atom. The fourth-order valence-electron chi connectivity index (χ4n) is 2.60. The van der Waals surface area contributed by atoms with Gasteiger partial charge in [-0.25, -0.2) is 8.42 Å². The second-order valence-electron chi connectivity index (χ2n) is 5.70. The second-order valence-corrected chi connectivity index (χ2v) is 7.64. The number of nitrogens with one attached hydrogen (secondary N) is 1. The largest absolute Gasteiger partial charge is 0.408 e. The van der Waals surface area contributed by atoms with Crippen LogP contribution >= 0.6 is 0 Å². The lowest BCUT2D eigenvalue weighted by molar-refractivity contribution is -0.114. The number of hydrogen-bond donors (Lipinski definition) is 1. The third-order valence-electron chi connectivity index (χ3n) is 3.84. The molecule has 0 atom stereocenters. The smallest absolute Gasteiger partial charge is 0.318 e. The summed E-state index contributed by atoms with van der Waals surface area (Å²) >= 11 is 0. The minimum atomic E-state index is -3.58. The highest BCUT2D eigenvalue weighted by atomic mass is 32.2. The Morgan fingerprint density at radius 3 is 2.28 bits per heavy atom. The third kappa shape index (κ3) is 3.80. The number of aromatic nitrogens is 2. The molecule has 10 heteroatoms. The summed E-state index contributed by atoms with van der Waals surface area (Å²) in [4.78, 5) is 13.1. The summed E-state index contributed by atoms with van der Waals surface area (Å²) in [5, 5.41) is 10.4. The first-order valence-corrected chi connectivity index (χ1v) is 9.23. The fraction of sp³-hybridized carbons (Fsp3) is 0.400. The molecule has 0 aliphatic carbocycles. The van der Waals surface area contributed by atoms with Gasteiger partial charge < -0.3 is 14.6 Å². The highest BCUT2D eigenvalue weighted by Gasteiger charge is 2.30. The number of amides is 1. The van der Waals surface area contributed by atoms with Crippen molar-refractivity contribution in [1.82, 2.24) is 14.5 Å². The van der Waals surface area contributed by atoms with Crippen molar-refractivity contribution in [2.24, 2.45) is 0 Å². The summed E-state index contributed by atoms with van der Waals surface area (Å²) in [6.07, 6.45) is 0. The van der Waals surface area contributed by atoms with E-state index in [2.05, 4.69) is 15.5 Å². The van der Waals surface area contributed by atoms with Crippen LogP contribution in [0.1, 0.15) is 12.8 Å². The molecule has 0 saturated carbocycles. The van der Waals surface area contributed by atoms with Gasteiger partial charge in [-0.3, -0.25) is 4.79 Å². The minimum Gasteiger partial charge on any atom is -0.408 e. The van der Waals surface area contributed by atoms with E-state index in [4.69, 9.17) is 4.42 Å². The summed E-state index contributed by atoms with van der Waals surface area (Å²) < 4.78 is 32.3. The Labute approximate surface area is 145 Å². The number of piperazine rings is 1. The van der Waals surface area contributed by atoms with Crippen LogP contribution in [-0.4, -0.2) is 55.0 Å². The molecule has 0 spiro atoms. The SMILES string of the molecule is CC(=O)Nc1ccc(S(=O)(=O)N2CCN(c3nnc(C)o3)CC2)cc1. The second kappa shape index (κ2) is 6.81. The molecule has 1 aromatic carbocycles. The molecular formula is C15H19N5O4S. The van der Waals surface area contributed by atoms with Crippen molar-refractivity contribution in [3.05, 3.63) is 30.2 Å². The van der Waals surface area contributed by atoms with Crippen molar-refractivity contribution in [2.45, 2.75) is 18.7 Å². The van der Waals surface area contributed by atoms with E-state index in [1.807, 2.05) is 4.90 Å². The number of nitrogens with zero attached hydrogens (tertiary/aromatic N) is 4.